The first-order valence-corrected chi connectivity index (χ1v) is 7.41. The zero-order valence-corrected chi connectivity index (χ0v) is 13.5. The van der Waals surface area contributed by atoms with Crippen molar-refractivity contribution < 1.29 is 13.7 Å². The Labute approximate surface area is 134 Å². The van der Waals surface area contributed by atoms with E-state index in [1.807, 2.05) is 13.8 Å². The van der Waals surface area contributed by atoms with Gasteiger partial charge in [-0.15, -0.1) is 0 Å². The first-order chi connectivity index (χ1) is 10.8. The predicted molar refractivity (Wildman–Crippen MR) is 84.0 cm³/mol. The molecule has 1 amide bonds. The van der Waals surface area contributed by atoms with Crippen LogP contribution in [0.1, 0.15) is 31.7 Å². The number of hydrogen-bond acceptors (Lipinski definition) is 5. The lowest BCUT2D eigenvalue weighted by Crippen LogP contribution is -2.48. The molecule has 0 fully saturated rings. The highest BCUT2D eigenvalue weighted by molar-refractivity contribution is 5.76. The van der Waals surface area contributed by atoms with Crippen molar-refractivity contribution in [1.82, 2.24) is 15.5 Å². The first-order valence-electron chi connectivity index (χ1n) is 7.41. The number of nitrogens with one attached hydrogen (secondary N) is 1. The number of aryl methyl sites for hydroxylation is 2. The van der Waals surface area contributed by atoms with Gasteiger partial charge in [-0.2, -0.15) is 4.98 Å². The minimum absolute atomic E-state index is 0.137. The molecule has 0 saturated carbocycles. The molecule has 0 aliphatic carbocycles. The average Bonchev–Trinajstić information content (AvgIpc) is 2.96. The van der Waals surface area contributed by atoms with Crippen LogP contribution in [-0.2, 0) is 11.2 Å². The summed E-state index contributed by atoms with van der Waals surface area (Å²) in [5.74, 6) is 0.183. The molecule has 23 heavy (non-hydrogen) atoms. The van der Waals surface area contributed by atoms with Gasteiger partial charge in [0.2, 0.25) is 17.6 Å². The van der Waals surface area contributed by atoms with Crippen molar-refractivity contribution in [2.75, 3.05) is 6.54 Å². The third kappa shape index (κ3) is 4.59. The van der Waals surface area contributed by atoms with Crippen LogP contribution in [0.4, 0.5) is 4.39 Å². The van der Waals surface area contributed by atoms with Gasteiger partial charge in [-0.3, -0.25) is 4.79 Å². The van der Waals surface area contributed by atoms with E-state index in [1.54, 1.807) is 19.1 Å². The van der Waals surface area contributed by atoms with Crippen molar-refractivity contribution in [2.24, 2.45) is 5.73 Å². The summed E-state index contributed by atoms with van der Waals surface area (Å²) in [6, 6.07) is 4.74. The SMILES string of the molecule is Cc1ccc(-c2noc(CCC(=O)NC(C)(C)CN)n2)cc1F. The Morgan fingerprint density at radius 2 is 2.17 bits per heavy atom. The van der Waals surface area contributed by atoms with Gasteiger partial charge in [0.05, 0.1) is 0 Å². The summed E-state index contributed by atoms with van der Waals surface area (Å²) in [6.07, 6.45) is 0.529. The van der Waals surface area contributed by atoms with Crippen molar-refractivity contribution in [3.8, 4) is 11.4 Å². The van der Waals surface area contributed by atoms with Gasteiger partial charge in [0.25, 0.3) is 0 Å². The van der Waals surface area contributed by atoms with E-state index in [0.29, 0.717) is 35.8 Å². The van der Waals surface area contributed by atoms with Crippen LogP contribution in [-0.4, -0.2) is 28.1 Å². The van der Waals surface area contributed by atoms with Gasteiger partial charge in [0.15, 0.2) is 0 Å². The van der Waals surface area contributed by atoms with Crippen molar-refractivity contribution in [3.63, 3.8) is 0 Å². The first kappa shape index (κ1) is 17.1. The molecule has 0 bridgehead atoms. The summed E-state index contributed by atoms with van der Waals surface area (Å²) in [7, 11) is 0. The Morgan fingerprint density at radius 1 is 1.43 bits per heavy atom. The van der Waals surface area contributed by atoms with Crippen LogP contribution in [0.25, 0.3) is 11.4 Å². The van der Waals surface area contributed by atoms with E-state index in [0.717, 1.165) is 0 Å². The van der Waals surface area contributed by atoms with E-state index in [2.05, 4.69) is 15.5 Å². The number of hydrogen-bond donors (Lipinski definition) is 2. The average molecular weight is 320 g/mol. The van der Waals surface area contributed by atoms with Crippen molar-refractivity contribution in [1.29, 1.82) is 0 Å². The van der Waals surface area contributed by atoms with Gasteiger partial charge in [0, 0.05) is 30.5 Å². The molecule has 1 heterocycles. The van der Waals surface area contributed by atoms with Crippen LogP contribution in [0.2, 0.25) is 0 Å². The highest BCUT2D eigenvalue weighted by atomic mass is 19.1. The molecule has 1 aromatic carbocycles. The van der Waals surface area contributed by atoms with Crippen LogP contribution in [0.3, 0.4) is 0 Å². The van der Waals surface area contributed by atoms with E-state index >= 15 is 0 Å². The Morgan fingerprint density at radius 3 is 2.83 bits per heavy atom. The zero-order valence-electron chi connectivity index (χ0n) is 13.5. The molecule has 3 N–H and O–H groups in total. The number of rotatable bonds is 6. The van der Waals surface area contributed by atoms with Gasteiger partial charge in [-0.05, 0) is 32.4 Å². The second kappa shape index (κ2) is 6.87. The van der Waals surface area contributed by atoms with E-state index < -0.39 is 5.54 Å². The lowest BCUT2D eigenvalue weighted by molar-refractivity contribution is -0.122. The smallest absolute Gasteiger partial charge is 0.227 e. The molecular weight excluding hydrogens is 299 g/mol. The van der Waals surface area contributed by atoms with Crippen molar-refractivity contribution in [2.45, 2.75) is 39.2 Å². The van der Waals surface area contributed by atoms with Gasteiger partial charge >= 0.3 is 0 Å². The largest absolute Gasteiger partial charge is 0.350 e. The molecule has 124 valence electrons. The van der Waals surface area contributed by atoms with Gasteiger partial charge in [-0.1, -0.05) is 17.3 Å². The summed E-state index contributed by atoms with van der Waals surface area (Å²) in [5.41, 5.74) is 6.21. The number of aromatic nitrogens is 2. The Balaban J connectivity index is 1.97. The second-order valence-electron chi connectivity index (χ2n) is 6.11. The number of nitrogens with zero attached hydrogens (tertiary/aromatic N) is 2. The van der Waals surface area contributed by atoms with E-state index in [-0.39, 0.29) is 18.1 Å². The maximum atomic E-state index is 13.6. The fraction of sp³-hybridized carbons (Fsp3) is 0.438. The van der Waals surface area contributed by atoms with Gasteiger partial charge < -0.3 is 15.6 Å². The molecule has 0 aliphatic heterocycles. The molecule has 0 aliphatic rings. The molecule has 0 spiro atoms. The molecule has 0 radical (unpaired) electrons. The Kier molecular flexibility index (Phi) is 5.10. The summed E-state index contributed by atoms with van der Waals surface area (Å²) >= 11 is 0. The molecule has 2 aromatic rings. The lowest BCUT2D eigenvalue weighted by atomic mass is 10.1. The number of nitrogens with two attached hydrogens (primary N) is 1. The van der Waals surface area contributed by atoms with E-state index in [1.165, 1.54) is 6.07 Å². The summed E-state index contributed by atoms with van der Waals surface area (Å²) < 4.78 is 18.7. The maximum absolute atomic E-state index is 13.6. The van der Waals surface area contributed by atoms with Crippen molar-refractivity contribution in [3.05, 3.63) is 35.5 Å². The van der Waals surface area contributed by atoms with Gasteiger partial charge in [-0.25, -0.2) is 4.39 Å². The third-order valence-electron chi connectivity index (χ3n) is 3.45. The normalized spacial score (nSPS) is 11.5. The molecule has 2 rings (SSSR count). The monoisotopic (exact) mass is 320 g/mol. The molecular formula is C16H21FN4O2. The fourth-order valence-corrected chi connectivity index (χ4v) is 1.92. The maximum Gasteiger partial charge on any atom is 0.227 e. The molecule has 0 atom stereocenters. The van der Waals surface area contributed by atoms with Crippen LogP contribution in [0.5, 0.6) is 0 Å². The Hall–Kier alpha value is -2.28. The quantitative estimate of drug-likeness (QED) is 0.848. The third-order valence-corrected chi connectivity index (χ3v) is 3.45. The minimum Gasteiger partial charge on any atom is -0.350 e. The molecule has 0 unspecified atom stereocenters. The number of amides is 1. The summed E-state index contributed by atoms with van der Waals surface area (Å²) in [6.45, 7) is 5.73. The van der Waals surface area contributed by atoms with Crippen LogP contribution in [0, 0.1) is 12.7 Å². The van der Waals surface area contributed by atoms with Crippen LogP contribution >= 0.6 is 0 Å². The minimum atomic E-state index is -0.448. The zero-order chi connectivity index (χ0) is 17.0. The standard InChI is InChI=1S/C16H21FN4O2/c1-10-4-5-11(8-12(10)17)15-19-14(23-21-15)7-6-13(22)20-16(2,3)9-18/h4-5,8H,6-7,9,18H2,1-3H3,(H,20,22). The number of carbonyl (C=O) groups is 1. The highest BCUT2D eigenvalue weighted by Crippen LogP contribution is 2.19. The van der Waals surface area contributed by atoms with Crippen LogP contribution in [0.15, 0.2) is 22.7 Å². The molecule has 7 heteroatoms. The molecule has 0 saturated heterocycles. The van der Waals surface area contributed by atoms with Crippen LogP contribution < -0.4 is 11.1 Å². The van der Waals surface area contributed by atoms with E-state index in [4.69, 9.17) is 10.3 Å². The summed E-state index contributed by atoms with van der Waals surface area (Å²) in [4.78, 5) is 16.0. The number of carbonyl (C=O) groups excluding carboxylic acids is 1. The Bertz CT molecular complexity index is 697. The summed E-state index contributed by atoms with van der Waals surface area (Å²) in [5, 5.41) is 6.65. The lowest BCUT2D eigenvalue weighted by Gasteiger charge is -2.23. The predicted octanol–water partition coefficient (Wildman–Crippen LogP) is 1.97. The molecule has 6 nitrogen and oxygen atoms in total. The topological polar surface area (TPSA) is 94.0 Å². The van der Waals surface area contributed by atoms with E-state index in [9.17, 15) is 9.18 Å². The molecule has 1 aromatic heterocycles. The van der Waals surface area contributed by atoms with Gasteiger partial charge in [0.1, 0.15) is 5.82 Å². The second-order valence-corrected chi connectivity index (χ2v) is 6.11. The number of halogens is 1. The fourth-order valence-electron chi connectivity index (χ4n) is 1.92. The number of benzene rings is 1. The van der Waals surface area contributed by atoms with Crippen molar-refractivity contribution >= 4 is 5.91 Å². The highest BCUT2D eigenvalue weighted by Gasteiger charge is 2.19.